The van der Waals surface area contributed by atoms with Crippen LogP contribution >= 0.6 is 0 Å². The number of nitrogens with zero attached hydrogens (tertiary/aromatic N) is 2. The molecule has 0 radical (unpaired) electrons. The van der Waals surface area contributed by atoms with Crippen LogP contribution in [0.25, 0.3) is 12.2 Å². The molecule has 0 saturated heterocycles. The summed E-state index contributed by atoms with van der Waals surface area (Å²) in [6, 6.07) is 18.7. The summed E-state index contributed by atoms with van der Waals surface area (Å²) < 4.78 is 0. The van der Waals surface area contributed by atoms with Gasteiger partial charge in [0.2, 0.25) is 0 Å². The van der Waals surface area contributed by atoms with Gasteiger partial charge in [-0.2, -0.15) is 0 Å². The van der Waals surface area contributed by atoms with Crippen molar-refractivity contribution in [3.05, 3.63) is 112 Å². The summed E-state index contributed by atoms with van der Waals surface area (Å²) in [5.74, 6) is -1.01. The largest absolute Gasteiger partial charge is 0.508 e. The lowest BCUT2D eigenvalue weighted by Crippen LogP contribution is -2.30. The molecular formula is C30H24N2O5. The predicted molar refractivity (Wildman–Crippen MR) is 139 cm³/mol. The van der Waals surface area contributed by atoms with Crippen LogP contribution in [0.2, 0.25) is 0 Å². The number of phenolic OH excluding ortho intramolecular Hbond substituents is 1. The third-order valence-corrected chi connectivity index (χ3v) is 6.38. The van der Waals surface area contributed by atoms with Crippen molar-refractivity contribution in [1.82, 2.24) is 9.80 Å². The number of hydrogen-bond acceptors (Lipinski definition) is 5. The highest BCUT2D eigenvalue weighted by Gasteiger charge is 2.35. The normalized spacial score (nSPS) is 14.9. The maximum absolute atomic E-state index is 12.5. The fraction of sp³-hybridized carbons (Fsp3) is 0.133. The van der Waals surface area contributed by atoms with E-state index in [0.717, 1.165) is 11.1 Å². The van der Waals surface area contributed by atoms with E-state index in [0.29, 0.717) is 35.1 Å². The van der Waals surface area contributed by atoms with Gasteiger partial charge in [0.15, 0.2) is 0 Å². The summed E-state index contributed by atoms with van der Waals surface area (Å²) in [7, 11) is 0. The van der Waals surface area contributed by atoms with E-state index >= 15 is 0 Å². The number of carbonyl (C=O) groups excluding carboxylic acids is 4. The van der Waals surface area contributed by atoms with Gasteiger partial charge < -0.3 is 5.11 Å². The second kappa shape index (κ2) is 10.1. The molecule has 1 N–H and O–H groups in total. The maximum Gasteiger partial charge on any atom is 0.261 e. The van der Waals surface area contributed by atoms with Crippen LogP contribution in [0.1, 0.15) is 65.4 Å². The number of amides is 4. The first-order valence-electron chi connectivity index (χ1n) is 12.0. The lowest BCUT2D eigenvalue weighted by Gasteiger charge is -2.12. The van der Waals surface area contributed by atoms with Crippen LogP contribution in [0.5, 0.6) is 5.75 Å². The Morgan fingerprint density at radius 3 is 1.27 bits per heavy atom. The van der Waals surface area contributed by atoms with Crippen LogP contribution in [-0.2, 0) is 0 Å². The lowest BCUT2D eigenvalue weighted by molar-refractivity contribution is 0.0641. The van der Waals surface area contributed by atoms with Crippen LogP contribution in [-0.4, -0.2) is 51.6 Å². The molecule has 37 heavy (non-hydrogen) atoms. The van der Waals surface area contributed by atoms with Gasteiger partial charge in [0, 0.05) is 13.1 Å². The smallest absolute Gasteiger partial charge is 0.261 e. The summed E-state index contributed by atoms with van der Waals surface area (Å²) in [5.41, 5.74) is 3.27. The number of carbonyl (C=O) groups is 4. The van der Waals surface area contributed by atoms with E-state index in [2.05, 4.69) is 0 Å². The average molecular weight is 493 g/mol. The van der Waals surface area contributed by atoms with Crippen molar-refractivity contribution in [2.45, 2.75) is 12.8 Å². The van der Waals surface area contributed by atoms with Crippen LogP contribution in [0, 0.1) is 0 Å². The van der Waals surface area contributed by atoms with E-state index in [4.69, 9.17) is 0 Å². The van der Waals surface area contributed by atoms with Crippen molar-refractivity contribution >= 4 is 35.8 Å². The Morgan fingerprint density at radius 2 is 0.919 bits per heavy atom. The van der Waals surface area contributed by atoms with Gasteiger partial charge in [-0.25, -0.2) is 0 Å². The molecule has 0 bridgehead atoms. The third kappa shape index (κ3) is 4.71. The molecule has 7 heteroatoms. The van der Waals surface area contributed by atoms with E-state index < -0.39 is 0 Å². The molecular weight excluding hydrogens is 468 g/mol. The summed E-state index contributed by atoms with van der Waals surface area (Å²) in [5, 5.41) is 10.1. The second-order valence-electron chi connectivity index (χ2n) is 8.86. The molecule has 0 aromatic heterocycles. The van der Waals surface area contributed by atoms with E-state index in [1.807, 2.05) is 30.4 Å². The molecule has 0 aliphatic carbocycles. The number of fused-ring (bicyclic) bond motifs is 2. The Balaban J connectivity index is 1.16. The number of rotatable bonds is 8. The van der Waals surface area contributed by atoms with Crippen molar-refractivity contribution in [3.63, 3.8) is 0 Å². The Kier molecular flexibility index (Phi) is 6.51. The highest BCUT2D eigenvalue weighted by molar-refractivity contribution is 6.22. The number of hydrogen-bond donors (Lipinski definition) is 1. The molecule has 2 aliphatic heterocycles. The number of benzene rings is 3. The number of imide groups is 2. The predicted octanol–water partition coefficient (Wildman–Crippen LogP) is 4.79. The highest BCUT2D eigenvalue weighted by Crippen LogP contribution is 2.24. The fourth-order valence-electron chi connectivity index (χ4n) is 4.58. The molecule has 4 amide bonds. The van der Waals surface area contributed by atoms with Gasteiger partial charge >= 0.3 is 0 Å². The molecule has 3 aromatic rings. The quantitative estimate of drug-likeness (QED) is 0.456. The van der Waals surface area contributed by atoms with Gasteiger partial charge in [0.25, 0.3) is 23.6 Å². The zero-order valence-corrected chi connectivity index (χ0v) is 20.0. The molecule has 0 saturated carbocycles. The third-order valence-electron chi connectivity index (χ3n) is 6.38. The molecule has 2 aliphatic rings. The van der Waals surface area contributed by atoms with Gasteiger partial charge in [-0.05, 0) is 66.4 Å². The van der Waals surface area contributed by atoms with Crippen molar-refractivity contribution in [1.29, 1.82) is 0 Å². The Bertz CT molecular complexity index is 1310. The van der Waals surface area contributed by atoms with Gasteiger partial charge in [-0.15, -0.1) is 0 Å². The first kappa shape index (κ1) is 23.9. The lowest BCUT2D eigenvalue weighted by atomic mass is 10.1. The van der Waals surface area contributed by atoms with Gasteiger partial charge in [0.05, 0.1) is 22.3 Å². The van der Waals surface area contributed by atoms with E-state index in [9.17, 15) is 24.3 Å². The molecule has 184 valence electrons. The SMILES string of the molecule is O=C1c2ccccc2C(=O)N1CCC=Cc1cc(O)cc(C=CCCN2C(=O)c3ccccc3C2=O)c1. The minimum atomic E-state index is -0.278. The summed E-state index contributed by atoms with van der Waals surface area (Å²) in [6.07, 6.45) is 8.32. The molecule has 0 atom stereocenters. The first-order valence-corrected chi connectivity index (χ1v) is 12.0. The summed E-state index contributed by atoms with van der Waals surface area (Å²) in [4.78, 5) is 52.4. The first-order chi connectivity index (χ1) is 17.9. The average Bonchev–Trinajstić information content (AvgIpc) is 3.29. The molecule has 7 nitrogen and oxygen atoms in total. The van der Waals surface area contributed by atoms with Gasteiger partial charge in [-0.3, -0.25) is 29.0 Å². The highest BCUT2D eigenvalue weighted by atomic mass is 16.3. The van der Waals surface area contributed by atoms with E-state index in [1.165, 1.54) is 9.80 Å². The molecule has 3 aromatic carbocycles. The number of aromatic hydroxyl groups is 1. The zero-order valence-electron chi connectivity index (χ0n) is 20.0. The Hall–Kier alpha value is -4.78. The van der Waals surface area contributed by atoms with Crippen LogP contribution in [0.3, 0.4) is 0 Å². The van der Waals surface area contributed by atoms with Crippen molar-refractivity contribution in [2.24, 2.45) is 0 Å². The maximum atomic E-state index is 12.5. The van der Waals surface area contributed by atoms with E-state index in [1.54, 1.807) is 60.7 Å². The molecule has 0 spiro atoms. The number of phenols is 1. The molecule has 0 fully saturated rings. The monoisotopic (exact) mass is 492 g/mol. The standard InChI is InChI=1S/C30H24N2O5/c33-22-18-20(9-5-7-15-31-27(34)23-11-1-2-12-24(23)28(31)35)17-21(19-22)10-6-8-16-32-29(36)25-13-3-4-14-26(25)30(32)37/h1-6,9-14,17-19,33H,7-8,15-16H2. The van der Waals surface area contributed by atoms with Crippen molar-refractivity contribution in [2.75, 3.05) is 13.1 Å². The minimum absolute atomic E-state index is 0.0995. The van der Waals surface area contributed by atoms with E-state index in [-0.39, 0.29) is 42.5 Å². The topological polar surface area (TPSA) is 95.0 Å². The molecule has 2 heterocycles. The molecule has 0 unspecified atom stereocenters. The van der Waals surface area contributed by atoms with Gasteiger partial charge in [0.1, 0.15) is 5.75 Å². The van der Waals surface area contributed by atoms with Crippen molar-refractivity contribution < 1.29 is 24.3 Å². The summed E-state index contributed by atoms with van der Waals surface area (Å²) >= 11 is 0. The summed E-state index contributed by atoms with van der Waals surface area (Å²) in [6.45, 7) is 0.540. The van der Waals surface area contributed by atoms with Crippen molar-refractivity contribution in [3.8, 4) is 5.75 Å². The molecule has 5 rings (SSSR count). The second-order valence-corrected chi connectivity index (χ2v) is 8.86. The Labute approximate surface area is 213 Å². The minimum Gasteiger partial charge on any atom is -0.508 e. The zero-order chi connectivity index (χ0) is 25.9. The van der Waals surface area contributed by atoms with Gasteiger partial charge in [-0.1, -0.05) is 48.6 Å². The van der Waals surface area contributed by atoms with Crippen LogP contribution in [0.15, 0.2) is 78.9 Å². The van der Waals surface area contributed by atoms with Crippen LogP contribution in [0.4, 0.5) is 0 Å². The Morgan fingerprint density at radius 1 is 0.568 bits per heavy atom. The fourth-order valence-corrected chi connectivity index (χ4v) is 4.58. The van der Waals surface area contributed by atoms with Crippen LogP contribution < -0.4 is 0 Å².